The lowest BCUT2D eigenvalue weighted by Gasteiger charge is -2.31. The average molecular weight is 307 g/mol. The molecule has 23 heavy (non-hydrogen) atoms. The fraction of sp³-hybridized carbons (Fsp3) is 0.316. The van der Waals surface area contributed by atoms with Gasteiger partial charge in [0.2, 0.25) is 5.91 Å². The van der Waals surface area contributed by atoms with Crippen LogP contribution in [0, 0.1) is 6.92 Å². The molecule has 118 valence electrons. The zero-order chi connectivity index (χ0) is 16.1. The van der Waals surface area contributed by atoms with Gasteiger partial charge in [0.05, 0.1) is 11.4 Å². The number of hydrogen-bond donors (Lipinski definition) is 0. The highest BCUT2D eigenvalue weighted by molar-refractivity contribution is 5.91. The number of likely N-dealkylation sites (tertiary alicyclic amines) is 1. The van der Waals surface area contributed by atoms with Gasteiger partial charge in [-0.2, -0.15) is 0 Å². The molecule has 2 aromatic rings. The van der Waals surface area contributed by atoms with Crippen LogP contribution in [-0.2, 0) is 4.79 Å². The second-order valence-electron chi connectivity index (χ2n) is 5.95. The first-order chi connectivity index (χ1) is 11.2. The predicted octanol–water partition coefficient (Wildman–Crippen LogP) is 3.20. The van der Waals surface area contributed by atoms with Crippen molar-refractivity contribution in [3.63, 3.8) is 0 Å². The summed E-state index contributed by atoms with van der Waals surface area (Å²) >= 11 is 0. The predicted molar refractivity (Wildman–Crippen MR) is 90.8 cm³/mol. The van der Waals surface area contributed by atoms with Gasteiger partial charge in [0.25, 0.3) is 0 Å². The molecule has 1 amide bonds. The van der Waals surface area contributed by atoms with E-state index >= 15 is 0 Å². The summed E-state index contributed by atoms with van der Waals surface area (Å²) in [6, 6.07) is 9.89. The standard InChI is InChI=1S/C19H21N3O/c1-15-12-20-13-18(21-15)17-8-5-11-22(14-17)19(23)10-9-16-6-3-2-4-7-16/h2-4,6-7,9-10,12-13,17H,5,8,11,14H2,1H3/b10-9+/t17-/m1/s1. The third kappa shape index (κ3) is 4.03. The molecule has 1 aliphatic rings. The topological polar surface area (TPSA) is 46.1 Å². The molecule has 0 spiro atoms. The van der Waals surface area contributed by atoms with Crippen LogP contribution < -0.4 is 0 Å². The highest BCUT2D eigenvalue weighted by Crippen LogP contribution is 2.25. The summed E-state index contributed by atoms with van der Waals surface area (Å²) in [4.78, 5) is 23.1. The van der Waals surface area contributed by atoms with Crippen molar-refractivity contribution in [1.29, 1.82) is 0 Å². The fourth-order valence-electron chi connectivity index (χ4n) is 2.94. The van der Waals surface area contributed by atoms with Crippen LogP contribution in [0.1, 0.15) is 35.7 Å². The van der Waals surface area contributed by atoms with Crippen molar-refractivity contribution in [3.8, 4) is 0 Å². The van der Waals surface area contributed by atoms with Crippen LogP contribution in [-0.4, -0.2) is 33.9 Å². The van der Waals surface area contributed by atoms with E-state index in [4.69, 9.17) is 0 Å². The Hall–Kier alpha value is -2.49. The lowest BCUT2D eigenvalue weighted by molar-refractivity contribution is -0.127. The number of benzene rings is 1. The van der Waals surface area contributed by atoms with Gasteiger partial charge in [0, 0.05) is 37.5 Å². The fourth-order valence-corrected chi connectivity index (χ4v) is 2.94. The molecular weight excluding hydrogens is 286 g/mol. The van der Waals surface area contributed by atoms with Gasteiger partial charge in [0.15, 0.2) is 0 Å². The molecule has 0 radical (unpaired) electrons. The minimum absolute atomic E-state index is 0.0687. The van der Waals surface area contributed by atoms with Crippen molar-refractivity contribution >= 4 is 12.0 Å². The number of aryl methyl sites for hydroxylation is 1. The molecular formula is C19H21N3O. The molecule has 1 fully saturated rings. The van der Waals surface area contributed by atoms with Gasteiger partial charge < -0.3 is 4.90 Å². The minimum Gasteiger partial charge on any atom is -0.338 e. The number of amides is 1. The zero-order valence-corrected chi connectivity index (χ0v) is 13.4. The zero-order valence-electron chi connectivity index (χ0n) is 13.4. The lowest BCUT2D eigenvalue weighted by Crippen LogP contribution is -2.38. The molecule has 0 saturated carbocycles. The van der Waals surface area contributed by atoms with Crippen molar-refractivity contribution in [1.82, 2.24) is 14.9 Å². The molecule has 0 bridgehead atoms. The number of hydrogen-bond acceptors (Lipinski definition) is 3. The molecule has 1 atom stereocenters. The van der Waals surface area contributed by atoms with E-state index in [1.54, 1.807) is 12.3 Å². The normalized spacial score (nSPS) is 18.3. The lowest BCUT2D eigenvalue weighted by atomic mass is 9.95. The van der Waals surface area contributed by atoms with Crippen LogP contribution in [0.5, 0.6) is 0 Å². The summed E-state index contributed by atoms with van der Waals surface area (Å²) in [6.45, 7) is 3.48. The summed E-state index contributed by atoms with van der Waals surface area (Å²) in [5.41, 5.74) is 2.96. The van der Waals surface area contributed by atoms with Gasteiger partial charge in [0.1, 0.15) is 0 Å². The molecule has 2 heterocycles. The summed E-state index contributed by atoms with van der Waals surface area (Å²) in [7, 11) is 0. The van der Waals surface area contributed by atoms with Crippen molar-refractivity contribution in [3.05, 3.63) is 65.8 Å². The first kappa shape index (κ1) is 15.4. The maximum Gasteiger partial charge on any atom is 0.246 e. The van der Waals surface area contributed by atoms with Gasteiger partial charge in [-0.15, -0.1) is 0 Å². The number of piperidine rings is 1. The minimum atomic E-state index is 0.0687. The molecule has 4 heteroatoms. The Morgan fingerprint density at radius 1 is 1.26 bits per heavy atom. The monoisotopic (exact) mass is 307 g/mol. The SMILES string of the molecule is Cc1cncc([C@@H]2CCCN(C(=O)/C=C/c3ccccc3)C2)n1. The van der Waals surface area contributed by atoms with Gasteiger partial charge in [-0.1, -0.05) is 30.3 Å². The van der Waals surface area contributed by atoms with Crippen molar-refractivity contribution in [2.24, 2.45) is 0 Å². The summed E-state index contributed by atoms with van der Waals surface area (Å²) < 4.78 is 0. The van der Waals surface area contributed by atoms with Crippen LogP contribution in [0.4, 0.5) is 0 Å². The smallest absolute Gasteiger partial charge is 0.246 e. The molecule has 0 unspecified atom stereocenters. The number of aromatic nitrogens is 2. The van der Waals surface area contributed by atoms with Crippen LogP contribution in [0.15, 0.2) is 48.8 Å². The maximum absolute atomic E-state index is 12.4. The van der Waals surface area contributed by atoms with Crippen molar-refractivity contribution < 1.29 is 4.79 Å². The summed E-state index contributed by atoms with van der Waals surface area (Å²) in [6.07, 6.45) is 9.19. The molecule has 1 aromatic heterocycles. The van der Waals surface area contributed by atoms with E-state index in [-0.39, 0.29) is 11.8 Å². The van der Waals surface area contributed by atoms with E-state index in [1.807, 2.05) is 54.4 Å². The van der Waals surface area contributed by atoms with Gasteiger partial charge in [-0.05, 0) is 31.4 Å². The first-order valence-corrected chi connectivity index (χ1v) is 8.03. The third-order valence-electron chi connectivity index (χ3n) is 4.14. The highest BCUT2D eigenvalue weighted by atomic mass is 16.2. The van der Waals surface area contributed by atoms with Crippen molar-refractivity contribution in [2.45, 2.75) is 25.7 Å². The Bertz CT molecular complexity index is 697. The van der Waals surface area contributed by atoms with Gasteiger partial charge >= 0.3 is 0 Å². The maximum atomic E-state index is 12.4. The average Bonchev–Trinajstić information content (AvgIpc) is 2.61. The van der Waals surface area contributed by atoms with Gasteiger partial charge in [-0.25, -0.2) is 0 Å². The molecule has 0 N–H and O–H groups in total. The number of carbonyl (C=O) groups excluding carboxylic acids is 1. The largest absolute Gasteiger partial charge is 0.338 e. The first-order valence-electron chi connectivity index (χ1n) is 8.03. The van der Waals surface area contributed by atoms with Gasteiger partial charge in [-0.3, -0.25) is 14.8 Å². The Balaban J connectivity index is 1.66. The van der Waals surface area contributed by atoms with E-state index < -0.39 is 0 Å². The second-order valence-corrected chi connectivity index (χ2v) is 5.95. The highest BCUT2D eigenvalue weighted by Gasteiger charge is 2.24. The van der Waals surface area contributed by atoms with E-state index in [1.165, 1.54) is 0 Å². The molecule has 3 rings (SSSR count). The number of nitrogens with zero attached hydrogens (tertiary/aromatic N) is 3. The Labute approximate surface area is 136 Å². The van der Waals surface area contributed by atoms with E-state index in [2.05, 4.69) is 9.97 Å². The van der Waals surface area contributed by atoms with Crippen LogP contribution in [0.25, 0.3) is 6.08 Å². The molecule has 0 aliphatic carbocycles. The van der Waals surface area contributed by atoms with E-state index in [0.717, 1.165) is 42.9 Å². The number of rotatable bonds is 3. The molecule has 4 nitrogen and oxygen atoms in total. The molecule has 1 aliphatic heterocycles. The Kier molecular flexibility index (Phi) is 4.81. The van der Waals surface area contributed by atoms with Crippen LogP contribution in [0.2, 0.25) is 0 Å². The second kappa shape index (κ2) is 7.18. The Morgan fingerprint density at radius 2 is 2.09 bits per heavy atom. The van der Waals surface area contributed by atoms with Crippen molar-refractivity contribution in [2.75, 3.05) is 13.1 Å². The molecule has 1 aromatic carbocycles. The number of carbonyl (C=O) groups is 1. The van der Waals surface area contributed by atoms with E-state index in [9.17, 15) is 4.79 Å². The van der Waals surface area contributed by atoms with Crippen LogP contribution in [0.3, 0.4) is 0 Å². The molecule has 1 saturated heterocycles. The Morgan fingerprint density at radius 3 is 2.87 bits per heavy atom. The summed E-state index contributed by atoms with van der Waals surface area (Å²) in [5.74, 6) is 0.351. The summed E-state index contributed by atoms with van der Waals surface area (Å²) in [5, 5.41) is 0. The third-order valence-corrected chi connectivity index (χ3v) is 4.14. The quantitative estimate of drug-likeness (QED) is 0.818. The van der Waals surface area contributed by atoms with Crippen LogP contribution >= 0.6 is 0 Å². The van der Waals surface area contributed by atoms with E-state index in [0.29, 0.717) is 0 Å².